The molecule has 0 aliphatic carbocycles. The van der Waals surface area contributed by atoms with Crippen molar-refractivity contribution in [2.45, 2.75) is 13.0 Å². The molecule has 0 aliphatic heterocycles. The van der Waals surface area contributed by atoms with Crippen LogP contribution in [0.2, 0.25) is 0 Å². The largest absolute Gasteiger partial charge is 0.480 e. The molecule has 1 heterocycles. The molecule has 0 bridgehead atoms. The first kappa shape index (κ1) is 15.7. The number of benzene rings is 1. The Kier molecular flexibility index (Phi) is 5.11. The molecule has 0 amide bonds. The predicted octanol–water partition coefficient (Wildman–Crippen LogP) is 2.12. The molecule has 0 aliphatic rings. The van der Waals surface area contributed by atoms with Crippen LogP contribution < -0.4 is 20.7 Å². The van der Waals surface area contributed by atoms with Crippen LogP contribution in [0.25, 0.3) is 0 Å². The number of hydrogen-bond acceptors (Lipinski definition) is 6. The molecule has 1 atom stereocenters. The van der Waals surface area contributed by atoms with Crippen LogP contribution in [0.4, 0.5) is 0 Å². The highest BCUT2D eigenvalue weighted by Gasteiger charge is 2.22. The van der Waals surface area contributed by atoms with Crippen LogP contribution in [0.5, 0.6) is 11.8 Å². The van der Waals surface area contributed by atoms with Crippen LogP contribution >= 0.6 is 15.9 Å². The minimum absolute atomic E-state index is 0.337. The highest BCUT2D eigenvalue weighted by molar-refractivity contribution is 9.10. The van der Waals surface area contributed by atoms with Crippen LogP contribution in [0.1, 0.15) is 22.9 Å². The first-order chi connectivity index (χ1) is 10.1. The van der Waals surface area contributed by atoms with Crippen LogP contribution in [0.3, 0.4) is 0 Å². The van der Waals surface area contributed by atoms with E-state index in [4.69, 9.17) is 15.3 Å². The summed E-state index contributed by atoms with van der Waals surface area (Å²) in [5.74, 6) is 6.49. The van der Waals surface area contributed by atoms with E-state index < -0.39 is 0 Å². The van der Waals surface area contributed by atoms with Crippen molar-refractivity contribution in [1.82, 2.24) is 15.4 Å². The number of halogens is 1. The lowest BCUT2D eigenvalue weighted by molar-refractivity contribution is 0.352. The summed E-state index contributed by atoms with van der Waals surface area (Å²) in [6.07, 6.45) is 1.54. The molecule has 2 aromatic rings. The van der Waals surface area contributed by atoms with Crippen LogP contribution in [0.15, 0.2) is 28.9 Å². The number of nitrogens with two attached hydrogens (primary N) is 1. The van der Waals surface area contributed by atoms with Gasteiger partial charge in [0, 0.05) is 4.47 Å². The van der Waals surface area contributed by atoms with E-state index in [2.05, 4.69) is 31.3 Å². The SMILES string of the molecule is COc1cnc(C(NN)c2cccc(Br)c2C)c(OC)n1. The van der Waals surface area contributed by atoms with Crippen molar-refractivity contribution in [3.05, 3.63) is 45.7 Å². The van der Waals surface area contributed by atoms with Gasteiger partial charge in [-0.1, -0.05) is 28.1 Å². The van der Waals surface area contributed by atoms with E-state index in [-0.39, 0.29) is 6.04 Å². The first-order valence-corrected chi connectivity index (χ1v) is 7.07. The van der Waals surface area contributed by atoms with Gasteiger partial charge in [0.15, 0.2) is 0 Å². The Morgan fingerprint density at radius 3 is 2.67 bits per heavy atom. The van der Waals surface area contributed by atoms with Gasteiger partial charge in [0.25, 0.3) is 0 Å². The molecular formula is C14H17BrN4O2. The second-order valence-electron chi connectivity index (χ2n) is 4.36. The number of nitrogens with zero attached hydrogens (tertiary/aromatic N) is 2. The molecule has 1 aromatic carbocycles. The van der Waals surface area contributed by atoms with Gasteiger partial charge in [-0.2, -0.15) is 4.98 Å². The normalized spacial score (nSPS) is 12.0. The molecule has 0 saturated heterocycles. The summed E-state index contributed by atoms with van der Waals surface area (Å²) in [5.41, 5.74) is 5.43. The van der Waals surface area contributed by atoms with Gasteiger partial charge in [-0.05, 0) is 24.1 Å². The molecule has 0 saturated carbocycles. The van der Waals surface area contributed by atoms with E-state index in [9.17, 15) is 0 Å². The standard InChI is InChI=1S/C14H17BrN4O2/c1-8-9(5-4-6-10(8)15)12(19-16)13-14(21-3)18-11(20-2)7-17-13/h4-7,12,19H,16H2,1-3H3. The average Bonchev–Trinajstić information content (AvgIpc) is 2.52. The van der Waals surface area contributed by atoms with E-state index in [0.29, 0.717) is 17.5 Å². The Hall–Kier alpha value is -1.70. The Labute approximate surface area is 131 Å². The maximum atomic E-state index is 5.73. The van der Waals surface area contributed by atoms with Crippen molar-refractivity contribution in [3.63, 3.8) is 0 Å². The summed E-state index contributed by atoms with van der Waals surface area (Å²) < 4.78 is 11.4. The topological polar surface area (TPSA) is 82.3 Å². The zero-order valence-corrected chi connectivity index (χ0v) is 13.6. The average molecular weight is 353 g/mol. The number of methoxy groups -OCH3 is 2. The quantitative estimate of drug-likeness (QED) is 0.633. The van der Waals surface area contributed by atoms with Gasteiger partial charge in [0.1, 0.15) is 5.69 Å². The van der Waals surface area contributed by atoms with E-state index >= 15 is 0 Å². The van der Waals surface area contributed by atoms with Gasteiger partial charge in [-0.3, -0.25) is 5.84 Å². The molecule has 3 N–H and O–H groups in total. The fourth-order valence-electron chi connectivity index (χ4n) is 2.07. The summed E-state index contributed by atoms with van der Waals surface area (Å²) in [5, 5.41) is 0. The van der Waals surface area contributed by atoms with Crippen LogP contribution in [-0.4, -0.2) is 24.2 Å². The van der Waals surface area contributed by atoms with Gasteiger partial charge in [-0.25, -0.2) is 10.4 Å². The summed E-state index contributed by atoms with van der Waals surface area (Å²) in [6.45, 7) is 2.01. The van der Waals surface area contributed by atoms with Gasteiger partial charge in [0.2, 0.25) is 11.8 Å². The molecule has 6 nitrogen and oxygen atoms in total. The number of hydrazine groups is 1. The molecule has 0 fully saturated rings. The number of rotatable bonds is 5. The molecule has 7 heteroatoms. The highest BCUT2D eigenvalue weighted by Crippen LogP contribution is 2.31. The minimum Gasteiger partial charge on any atom is -0.480 e. The number of hydrogen-bond donors (Lipinski definition) is 2. The first-order valence-electron chi connectivity index (χ1n) is 6.28. The fraction of sp³-hybridized carbons (Fsp3) is 0.286. The Morgan fingerprint density at radius 2 is 2.05 bits per heavy atom. The van der Waals surface area contributed by atoms with Crippen molar-refractivity contribution in [2.24, 2.45) is 5.84 Å². The fourth-order valence-corrected chi connectivity index (χ4v) is 2.45. The number of nitrogens with one attached hydrogen (secondary N) is 1. The predicted molar refractivity (Wildman–Crippen MR) is 83.2 cm³/mol. The van der Waals surface area contributed by atoms with Gasteiger partial charge in [-0.15, -0.1) is 0 Å². The molecular weight excluding hydrogens is 336 g/mol. The smallest absolute Gasteiger partial charge is 0.240 e. The molecule has 21 heavy (non-hydrogen) atoms. The number of aromatic nitrogens is 2. The molecule has 0 spiro atoms. The molecule has 0 radical (unpaired) electrons. The third-order valence-electron chi connectivity index (χ3n) is 3.21. The highest BCUT2D eigenvalue weighted by atomic mass is 79.9. The van der Waals surface area contributed by atoms with E-state index in [1.165, 1.54) is 20.4 Å². The zero-order chi connectivity index (χ0) is 15.4. The van der Waals surface area contributed by atoms with Gasteiger partial charge >= 0.3 is 0 Å². The summed E-state index contributed by atoms with van der Waals surface area (Å²) in [6, 6.07) is 5.57. The summed E-state index contributed by atoms with van der Waals surface area (Å²) in [7, 11) is 3.06. The Balaban J connectivity index is 2.53. The number of ether oxygens (including phenoxy) is 2. The zero-order valence-electron chi connectivity index (χ0n) is 12.1. The minimum atomic E-state index is -0.337. The third kappa shape index (κ3) is 3.15. The van der Waals surface area contributed by atoms with E-state index in [1.807, 2.05) is 25.1 Å². The molecule has 2 rings (SSSR count). The van der Waals surface area contributed by atoms with Crippen molar-refractivity contribution < 1.29 is 9.47 Å². The Morgan fingerprint density at radius 1 is 1.29 bits per heavy atom. The maximum absolute atomic E-state index is 5.73. The van der Waals surface area contributed by atoms with Crippen molar-refractivity contribution in [1.29, 1.82) is 0 Å². The Bertz CT molecular complexity index is 636. The lowest BCUT2D eigenvalue weighted by atomic mass is 9.99. The summed E-state index contributed by atoms with van der Waals surface area (Å²) in [4.78, 5) is 8.61. The van der Waals surface area contributed by atoms with Crippen molar-refractivity contribution >= 4 is 15.9 Å². The van der Waals surface area contributed by atoms with E-state index in [0.717, 1.165) is 15.6 Å². The van der Waals surface area contributed by atoms with Gasteiger partial charge in [0.05, 0.1) is 26.5 Å². The van der Waals surface area contributed by atoms with E-state index in [1.54, 1.807) is 0 Å². The lowest BCUT2D eigenvalue weighted by Gasteiger charge is -2.20. The molecule has 1 unspecified atom stereocenters. The lowest BCUT2D eigenvalue weighted by Crippen LogP contribution is -2.30. The van der Waals surface area contributed by atoms with Crippen molar-refractivity contribution in [2.75, 3.05) is 14.2 Å². The summed E-state index contributed by atoms with van der Waals surface area (Å²) >= 11 is 3.52. The maximum Gasteiger partial charge on any atom is 0.240 e. The van der Waals surface area contributed by atoms with Crippen LogP contribution in [-0.2, 0) is 0 Å². The molecule has 1 aromatic heterocycles. The van der Waals surface area contributed by atoms with Crippen LogP contribution in [0, 0.1) is 6.92 Å². The molecule has 112 valence electrons. The second kappa shape index (κ2) is 6.84. The van der Waals surface area contributed by atoms with Gasteiger partial charge < -0.3 is 9.47 Å². The second-order valence-corrected chi connectivity index (χ2v) is 5.21. The van der Waals surface area contributed by atoms with Crippen molar-refractivity contribution in [3.8, 4) is 11.8 Å². The monoisotopic (exact) mass is 352 g/mol. The third-order valence-corrected chi connectivity index (χ3v) is 4.07.